The lowest BCUT2D eigenvalue weighted by Crippen LogP contribution is -2.45. The van der Waals surface area contributed by atoms with E-state index in [0.29, 0.717) is 6.42 Å². The monoisotopic (exact) mass is 359 g/mol. The van der Waals surface area contributed by atoms with Gasteiger partial charge in [0.15, 0.2) is 5.79 Å². The highest BCUT2D eigenvalue weighted by Gasteiger charge is 2.44. The summed E-state index contributed by atoms with van der Waals surface area (Å²) >= 11 is 0. The Morgan fingerprint density at radius 3 is 2.60 bits per heavy atom. The SMILES string of the molecule is OC[C@H]1N[C@H]([C@H](O)CCC[C@@H]2CCC[C@@]3(CCCCO3)O2)[C@@H](O)[C@@H]1O. The summed E-state index contributed by atoms with van der Waals surface area (Å²) in [4.78, 5) is 0. The fraction of sp³-hybridized carbons (Fsp3) is 1.00. The van der Waals surface area contributed by atoms with E-state index in [1.807, 2.05) is 0 Å². The van der Waals surface area contributed by atoms with E-state index < -0.39 is 30.4 Å². The van der Waals surface area contributed by atoms with Crippen LogP contribution in [0, 0.1) is 0 Å². The maximum Gasteiger partial charge on any atom is 0.168 e. The third kappa shape index (κ3) is 4.53. The fourth-order valence-corrected chi connectivity index (χ4v) is 4.47. The Balaban J connectivity index is 1.42. The summed E-state index contributed by atoms with van der Waals surface area (Å²) in [7, 11) is 0. The Morgan fingerprint density at radius 2 is 1.92 bits per heavy atom. The average molecular weight is 359 g/mol. The van der Waals surface area contributed by atoms with E-state index in [0.717, 1.165) is 58.0 Å². The zero-order chi connectivity index (χ0) is 17.9. The Labute approximate surface area is 149 Å². The van der Waals surface area contributed by atoms with Crippen LogP contribution in [0.4, 0.5) is 0 Å². The summed E-state index contributed by atoms with van der Waals surface area (Å²) in [6.45, 7) is 0.518. The van der Waals surface area contributed by atoms with E-state index in [1.54, 1.807) is 0 Å². The molecular formula is C18H33NO6. The quantitative estimate of drug-likeness (QED) is 0.455. The maximum atomic E-state index is 10.3. The molecule has 7 atom stereocenters. The number of hydrogen-bond acceptors (Lipinski definition) is 7. The van der Waals surface area contributed by atoms with Gasteiger partial charge in [-0.3, -0.25) is 0 Å². The molecule has 3 heterocycles. The number of ether oxygens (including phenoxy) is 2. The van der Waals surface area contributed by atoms with Gasteiger partial charge in [0.2, 0.25) is 0 Å². The zero-order valence-corrected chi connectivity index (χ0v) is 14.8. The smallest absolute Gasteiger partial charge is 0.168 e. The van der Waals surface area contributed by atoms with Crippen LogP contribution in [0.3, 0.4) is 0 Å². The van der Waals surface area contributed by atoms with Gasteiger partial charge in [-0.1, -0.05) is 0 Å². The molecule has 0 unspecified atom stereocenters. The van der Waals surface area contributed by atoms with Crippen molar-refractivity contribution >= 4 is 0 Å². The van der Waals surface area contributed by atoms with Crippen molar-refractivity contribution in [3.8, 4) is 0 Å². The molecule has 0 saturated carbocycles. The van der Waals surface area contributed by atoms with Gasteiger partial charge >= 0.3 is 0 Å². The molecule has 0 bridgehead atoms. The molecule has 0 aromatic heterocycles. The minimum absolute atomic E-state index is 0.163. The van der Waals surface area contributed by atoms with Crippen LogP contribution in [0.2, 0.25) is 0 Å². The fourth-order valence-electron chi connectivity index (χ4n) is 4.47. The molecule has 7 heteroatoms. The van der Waals surface area contributed by atoms with Crippen LogP contribution in [-0.4, -0.2) is 75.9 Å². The van der Waals surface area contributed by atoms with Gasteiger partial charge in [-0.2, -0.15) is 0 Å². The van der Waals surface area contributed by atoms with Crippen LogP contribution in [0.5, 0.6) is 0 Å². The highest BCUT2D eigenvalue weighted by Crippen LogP contribution is 2.38. The van der Waals surface area contributed by atoms with Gasteiger partial charge in [0.1, 0.15) is 0 Å². The summed E-state index contributed by atoms with van der Waals surface area (Å²) < 4.78 is 12.2. The third-order valence-electron chi connectivity index (χ3n) is 5.96. The second-order valence-corrected chi connectivity index (χ2v) is 7.81. The van der Waals surface area contributed by atoms with Crippen molar-refractivity contribution in [1.82, 2.24) is 5.32 Å². The minimum Gasteiger partial charge on any atom is -0.395 e. The average Bonchev–Trinajstić information content (AvgIpc) is 2.90. The summed E-state index contributed by atoms with van der Waals surface area (Å²) in [6.07, 6.45) is 5.82. The van der Waals surface area contributed by atoms with E-state index in [4.69, 9.17) is 9.47 Å². The van der Waals surface area contributed by atoms with Gasteiger partial charge in [-0.25, -0.2) is 0 Å². The summed E-state index contributed by atoms with van der Waals surface area (Å²) in [6, 6.07) is -1.19. The molecular weight excluding hydrogens is 326 g/mol. The molecule has 0 aromatic rings. The van der Waals surface area contributed by atoms with Crippen LogP contribution < -0.4 is 5.32 Å². The Morgan fingerprint density at radius 1 is 1.12 bits per heavy atom. The minimum atomic E-state index is -1.06. The van der Waals surface area contributed by atoms with Crippen LogP contribution in [0.1, 0.15) is 57.8 Å². The van der Waals surface area contributed by atoms with Crippen molar-refractivity contribution in [3.05, 3.63) is 0 Å². The van der Waals surface area contributed by atoms with Gasteiger partial charge in [0.25, 0.3) is 0 Å². The molecule has 25 heavy (non-hydrogen) atoms. The van der Waals surface area contributed by atoms with Crippen molar-refractivity contribution < 1.29 is 29.9 Å². The van der Waals surface area contributed by atoms with Gasteiger partial charge in [0.05, 0.1) is 49.7 Å². The highest BCUT2D eigenvalue weighted by atomic mass is 16.7. The molecule has 1 spiro atoms. The number of aliphatic hydroxyl groups is 4. The zero-order valence-electron chi connectivity index (χ0n) is 14.8. The van der Waals surface area contributed by atoms with Crippen LogP contribution in [0.25, 0.3) is 0 Å². The second-order valence-electron chi connectivity index (χ2n) is 7.81. The molecule has 146 valence electrons. The first-order valence-corrected chi connectivity index (χ1v) is 9.77. The number of rotatable bonds is 6. The third-order valence-corrected chi connectivity index (χ3v) is 5.96. The van der Waals surface area contributed by atoms with Gasteiger partial charge in [-0.05, 0) is 44.9 Å². The molecule has 3 fully saturated rings. The molecule has 5 N–H and O–H groups in total. The molecule has 3 saturated heterocycles. The van der Waals surface area contributed by atoms with Crippen LogP contribution >= 0.6 is 0 Å². The Kier molecular flexibility index (Phi) is 6.71. The van der Waals surface area contributed by atoms with Crippen LogP contribution in [0.15, 0.2) is 0 Å². The van der Waals surface area contributed by atoms with E-state index in [-0.39, 0.29) is 18.5 Å². The molecule has 3 aliphatic heterocycles. The number of nitrogens with one attached hydrogen (secondary N) is 1. The van der Waals surface area contributed by atoms with Gasteiger partial charge < -0.3 is 35.2 Å². The predicted molar refractivity (Wildman–Crippen MR) is 90.9 cm³/mol. The summed E-state index contributed by atoms with van der Waals surface area (Å²) in [5, 5.41) is 42.3. The van der Waals surface area contributed by atoms with Crippen molar-refractivity contribution in [2.45, 2.75) is 100 Å². The largest absolute Gasteiger partial charge is 0.395 e. The molecule has 7 nitrogen and oxygen atoms in total. The predicted octanol–water partition coefficient (Wildman–Crippen LogP) is 0.0380. The lowest BCUT2D eigenvalue weighted by Gasteiger charge is -2.43. The Hall–Kier alpha value is -0.280. The maximum absolute atomic E-state index is 10.3. The van der Waals surface area contributed by atoms with Crippen molar-refractivity contribution in [2.24, 2.45) is 0 Å². The molecule has 0 aliphatic carbocycles. The normalized spacial score (nSPS) is 43.4. The highest BCUT2D eigenvalue weighted by molar-refractivity contribution is 5.00. The molecule has 3 aliphatic rings. The number of aliphatic hydroxyl groups excluding tert-OH is 4. The van der Waals surface area contributed by atoms with Gasteiger partial charge in [-0.15, -0.1) is 0 Å². The lowest BCUT2D eigenvalue weighted by atomic mass is 9.92. The second kappa shape index (κ2) is 8.61. The van der Waals surface area contributed by atoms with Crippen molar-refractivity contribution in [1.29, 1.82) is 0 Å². The van der Waals surface area contributed by atoms with E-state index in [9.17, 15) is 20.4 Å². The topological polar surface area (TPSA) is 111 Å². The first kappa shape index (κ1) is 19.5. The van der Waals surface area contributed by atoms with Crippen LogP contribution in [-0.2, 0) is 9.47 Å². The molecule has 0 aromatic carbocycles. The summed E-state index contributed by atoms with van der Waals surface area (Å²) in [5.74, 6) is -0.374. The first-order valence-electron chi connectivity index (χ1n) is 9.77. The molecule has 0 amide bonds. The molecule has 3 rings (SSSR count). The van der Waals surface area contributed by atoms with Crippen molar-refractivity contribution in [2.75, 3.05) is 13.2 Å². The van der Waals surface area contributed by atoms with Crippen molar-refractivity contribution in [3.63, 3.8) is 0 Å². The molecule has 0 radical (unpaired) electrons. The standard InChI is InChI=1S/C18H33NO6/c20-11-13-16(22)17(23)15(19-13)14(21)7-3-5-12-6-4-9-18(25-12)8-1-2-10-24-18/h12-17,19-23H,1-11H2/t12-,13-,14-,15-,16-,17-,18-/m1/s1. The first-order chi connectivity index (χ1) is 12.0. The lowest BCUT2D eigenvalue weighted by molar-refractivity contribution is -0.295. The Bertz CT molecular complexity index is 409. The summed E-state index contributed by atoms with van der Waals surface area (Å²) in [5.41, 5.74) is 0. The van der Waals surface area contributed by atoms with E-state index >= 15 is 0 Å². The van der Waals surface area contributed by atoms with E-state index in [1.165, 1.54) is 0 Å². The van der Waals surface area contributed by atoms with Gasteiger partial charge in [0, 0.05) is 12.8 Å². The van der Waals surface area contributed by atoms with E-state index in [2.05, 4.69) is 5.32 Å². The number of hydrogen-bond donors (Lipinski definition) is 5.